The molecule has 0 saturated heterocycles. The lowest BCUT2D eigenvalue weighted by molar-refractivity contribution is 0.192. The first kappa shape index (κ1) is 25.8. The maximum absolute atomic E-state index is 5.38. The van der Waals surface area contributed by atoms with E-state index in [1.807, 2.05) is 12.1 Å². The van der Waals surface area contributed by atoms with Crippen molar-refractivity contribution >= 4 is 29.9 Å². The Morgan fingerprint density at radius 1 is 1.07 bits per heavy atom. The van der Waals surface area contributed by atoms with Gasteiger partial charge in [0.2, 0.25) is 0 Å². The first-order valence-electron chi connectivity index (χ1n) is 9.35. The molecule has 1 N–H and O–H groups in total. The Morgan fingerprint density at radius 3 is 2.44 bits per heavy atom. The summed E-state index contributed by atoms with van der Waals surface area (Å²) < 4.78 is 15.8. The van der Waals surface area contributed by atoms with Gasteiger partial charge in [0.1, 0.15) is 0 Å². The molecule has 156 valence electrons. The second kappa shape index (κ2) is 15.8. The quantitative estimate of drug-likeness (QED) is 0.209. The van der Waals surface area contributed by atoms with Crippen molar-refractivity contribution in [3.05, 3.63) is 23.8 Å². The Labute approximate surface area is 181 Å². The molecule has 6 nitrogen and oxygen atoms in total. The predicted molar refractivity (Wildman–Crippen MR) is 123 cm³/mol. The van der Waals surface area contributed by atoms with Crippen LogP contribution in [0.5, 0.6) is 11.5 Å². The Hall–Kier alpha value is -1.22. The van der Waals surface area contributed by atoms with Gasteiger partial charge in [0.15, 0.2) is 17.5 Å². The fourth-order valence-electron chi connectivity index (χ4n) is 2.63. The average molecular weight is 493 g/mol. The monoisotopic (exact) mass is 493 g/mol. The topological polar surface area (TPSA) is 55.3 Å². The van der Waals surface area contributed by atoms with Gasteiger partial charge in [-0.1, -0.05) is 6.07 Å². The number of hydrogen-bond acceptors (Lipinski definition) is 4. The van der Waals surface area contributed by atoms with Gasteiger partial charge in [0.05, 0.1) is 14.2 Å². The number of methoxy groups -OCH3 is 3. The molecule has 0 aliphatic carbocycles. The Balaban J connectivity index is 0.00000676. The molecule has 27 heavy (non-hydrogen) atoms. The third kappa shape index (κ3) is 10.0. The number of rotatable bonds is 12. The van der Waals surface area contributed by atoms with E-state index in [4.69, 9.17) is 19.2 Å². The van der Waals surface area contributed by atoms with Crippen LogP contribution in [0.4, 0.5) is 0 Å². The summed E-state index contributed by atoms with van der Waals surface area (Å²) >= 11 is 0. The van der Waals surface area contributed by atoms with Crippen LogP contribution in [0.3, 0.4) is 0 Å². The molecule has 1 aromatic rings. The van der Waals surface area contributed by atoms with E-state index in [1.165, 1.54) is 5.56 Å². The van der Waals surface area contributed by atoms with E-state index in [0.717, 1.165) is 69.4 Å². The second-order valence-electron chi connectivity index (χ2n) is 6.15. The minimum absolute atomic E-state index is 0. The molecule has 0 fully saturated rings. The summed E-state index contributed by atoms with van der Waals surface area (Å²) in [5.74, 6) is 2.48. The Morgan fingerprint density at radius 2 is 1.81 bits per heavy atom. The van der Waals surface area contributed by atoms with E-state index in [1.54, 1.807) is 21.3 Å². The van der Waals surface area contributed by atoms with Gasteiger partial charge in [-0.15, -0.1) is 24.0 Å². The summed E-state index contributed by atoms with van der Waals surface area (Å²) in [5.41, 5.74) is 1.21. The summed E-state index contributed by atoms with van der Waals surface area (Å²) in [6.45, 7) is 5.51. The van der Waals surface area contributed by atoms with Crippen molar-refractivity contribution in [1.82, 2.24) is 10.2 Å². The van der Waals surface area contributed by atoms with Crippen LogP contribution < -0.4 is 14.8 Å². The van der Waals surface area contributed by atoms with E-state index < -0.39 is 0 Å². The van der Waals surface area contributed by atoms with Gasteiger partial charge < -0.3 is 24.4 Å². The molecule has 0 radical (unpaired) electrons. The lowest BCUT2D eigenvalue weighted by Gasteiger charge is -2.22. The molecular formula is C20H36IN3O3. The highest BCUT2D eigenvalue weighted by molar-refractivity contribution is 14.0. The number of aliphatic imine (C=N–C) groups is 1. The molecule has 0 aliphatic heterocycles. The van der Waals surface area contributed by atoms with Crippen LogP contribution in [-0.4, -0.2) is 65.5 Å². The number of likely N-dealkylation sites (N-methyl/N-ethyl adjacent to an activating group) is 1. The normalized spacial score (nSPS) is 10.9. The van der Waals surface area contributed by atoms with E-state index in [-0.39, 0.29) is 24.0 Å². The van der Waals surface area contributed by atoms with Crippen LogP contribution in [0.25, 0.3) is 0 Å². The molecule has 1 rings (SSSR count). The first-order valence-corrected chi connectivity index (χ1v) is 9.35. The largest absolute Gasteiger partial charge is 0.493 e. The summed E-state index contributed by atoms with van der Waals surface area (Å²) in [6.07, 6.45) is 4.24. The molecule has 0 unspecified atom stereocenters. The van der Waals surface area contributed by atoms with Crippen molar-refractivity contribution < 1.29 is 14.2 Å². The van der Waals surface area contributed by atoms with Crippen molar-refractivity contribution in [1.29, 1.82) is 0 Å². The zero-order valence-electron chi connectivity index (χ0n) is 17.4. The van der Waals surface area contributed by atoms with E-state index in [2.05, 4.69) is 30.3 Å². The highest BCUT2D eigenvalue weighted by Crippen LogP contribution is 2.27. The van der Waals surface area contributed by atoms with Gasteiger partial charge in [-0.05, 0) is 50.3 Å². The van der Waals surface area contributed by atoms with Crippen molar-refractivity contribution in [2.75, 3.05) is 54.6 Å². The summed E-state index contributed by atoms with van der Waals surface area (Å²) in [7, 11) is 7.14. The van der Waals surface area contributed by atoms with E-state index in [0.29, 0.717) is 0 Å². The molecule has 0 aliphatic rings. The SMILES string of the molecule is CCNC(=NCCCCCOC)N(C)CCc1ccc(OC)c(OC)c1.I. The van der Waals surface area contributed by atoms with Crippen molar-refractivity contribution in [2.24, 2.45) is 4.99 Å². The number of nitrogens with one attached hydrogen (secondary N) is 1. The third-order valence-electron chi connectivity index (χ3n) is 4.15. The van der Waals surface area contributed by atoms with E-state index in [9.17, 15) is 0 Å². The van der Waals surface area contributed by atoms with Crippen LogP contribution in [-0.2, 0) is 11.2 Å². The molecule has 0 amide bonds. The van der Waals surface area contributed by atoms with Crippen LogP contribution in [0.15, 0.2) is 23.2 Å². The molecule has 0 atom stereocenters. The fraction of sp³-hybridized carbons (Fsp3) is 0.650. The number of unbranched alkanes of at least 4 members (excludes halogenated alkanes) is 2. The molecule has 1 aromatic carbocycles. The van der Waals surface area contributed by atoms with Gasteiger partial charge in [-0.2, -0.15) is 0 Å². The van der Waals surface area contributed by atoms with Gasteiger partial charge in [-0.25, -0.2) is 0 Å². The molecular weight excluding hydrogens is 457 g/mol. The lowest BCUT2D eigenvalue weighted by Crippen LogP contribution is -2.40. The maximum atomic E-state index is 5.38. The van der Waals surface area contributed by atoms with Gasteiger partial charge in [0, 0.05) is 40.4 Å². The molecule has 0 heterocycles. The molecule has 7 heteroatoms. The Kier molecular flexibility index (Phi) is 15.1. The summed E-state index contributed by atoms with van der Waals surface area (Å²) in [6, 6.07) is 6.06. The molecule has 0 spiro atoms. The second-order valence-corrected chi connectivity index (χ2v) is 6.15. The minimum Gasteiger partial charge on any atom is -0.493 e. The lowest BCUT2D eigenvalue weighted by atomic mass is 10.1. The highest BCUT2D eigenvalue weighted by atomic mass is 127. The van der Waals surface area contributed by atoms with Crippen molar-refractivity contribution in [3.63, 3.8) is 0 Å². The molecule has 0 bridgehead atoms. The number of hydrogen-bond donors (Lipinski definition) is 1. The Bertz CT molecular complexity index is 541. The number of benzene rings is 1. The van der Waals surface area contributed by atoms with Crippen LogP contribution in [0, 0.1) is 0 Å². The predicted octanol–water partition coefficient (Wildman–Crippen LogP) is 3.58. The van der Waals surface area contributed by atoms with Crippen LogP contribution >= 0.6 is 24.0 Å². The zero-order chi connectivity index (χ0) is 19.2. The average Bonchev–Trinajstić information content (AvgIpc) is 2.67. The van der Waals surface area contributed by atoms with Gasteiger partial charge in [0.25, 0.3) is 0 Å². The summed E-state index contributed by atoms with van der Waals surface area (Å²) in [4.78, 5) is 6.91. The van der Waals surface area contributed by atoms with Gasteiger partial charge in [-0.3, -0.25) is 4.99 Å². The smallest absolute Gasteiger partial charge is 0.193 e. The number of nitrogens with zero attached hydrogens (tertiary/aromatic N) is 2. The maximum Gasteiger partial charge on any atom is 0.193 e. The standard InChI is InChI=1S/C20H35N3O3.HI/c1-6-21-20(22-13-8-7-9-15-24-3)23(2)14-12-17-10-11-18(25-4)19(16-17)26-5;/h10-11,16H,6-9,12-15H2,1-5H3,(H,21,22);1H. The molecule has 0 aromatic heterocycles. The number of ether oxygens (including phenoxy) is 3. The third-order valence-corrected chi connectivity index (χ3v) is 4.15. The number of halogens is 1. The number of guanidine groups is 1. The van der Waals surface area contributed by atoms with Crippen LogP contribution in [0.1, 0.15) is 31.7 Å². The molecule has 0 saturated carbocycles. The van der Waals surface area contributed by atoms with Crippen molar-refractivity contribution in [3.8, 4) is 11.5 Å². The highest BCUT2D eigenvalue weighted by Gasteiger charge is 2.08. The van der Waals surface area contributed by atoms with Crippen LogP contribution in [0.2, 0.25) is 0 Å². The fourth-order valence-corrected chi connectivity index (χ4v) is 2.63. The first-order chi connectivity index (χ1) is 12.7. The van der Waals surface area contributed by atoms with Crippen molar-refractivity contribution in [2.45, 2.75) is 32.6 Å². The minimum atomic E-state index is 0. The van der Waals surface area contributed by atoms with Gasteiger partial charge >= 0.3 is 0 Å². The summed E-state index contributed by atoms with van der Waals surface area (Å²) in [5, 5.41) is 3.37. The zero-order valence-corrected chi connectivity index (χ0v) is 19.7. The van der Waals surface area contributed by atoms with E-state index >= 15 is 0 Å².